The number of carbonyl (C=O) groups excluding carboxylic acids is 1. The van der Waals surface area contributed by atoms with Gasteiger partial charge in [0.1, 0.15) is 12.1 Å². The van der Waals surface area contributed by atoms with Crippen molar-refractivity contribution < 1.29 is 18.0 Å². The van der Waals surface area contributed by atoms with Crippen molar-refractivity contribution in [1.29, 1.82) is 0 Å². The zero-order chi connectivity index (χ0) is 19.8. The lowest BCUT2D eigenvalue weighted by Gasteiger charge is -2.26. The molecule has 1 aromatic carbocycles. The number of benzene rings is 1. The second-order valence-corrected chi connectivity index (χ2v) is 6.70. The first kappa shape index (κ1) is 18.3. The lowest BCUT2D eigenvalue weighted by molar-refractivity contribution is 0.0714. The predicted octanol–water partition coefficient (Wildman–Crippen LogP) is 2.94. The minimum Gasteiger partial charge on any atom is -0.448 e. The van der Waals surface area contributed by atoms with Gasteiger partial charge < -0.3 is 9.32 Å². The number of rotatable bonds is 4. The molecule has 0 N–H and O–H groups in total. The van der Waals surface area contributed by atoms with Gasteiger partial charge in [-0.1, -0.05) is 12.1 Å². The molecule has 1 fully saturated rings. The van der Waals surface area contributed by atoms with Gasteiger partial charge in [-0.25, -0.2) is 18.7 Å². The summed E-state index contributed by atoms with van der Waals surface area (Å²) in [6.45, 7) is 1.28. The highest BCUT2D eigenvalue weighted by atomic mass is 19.3. The Kier molecular flexibility index (Phi) is 4.66. The van der Waals surface area contributed by atoms with Crippen LogP contribution >= 0.6 is 0 Å². The lowest BCUT2D eigenvalue weighted by atomic mass is 10.1. The Morgan fingerprint density at radius 3 is 2.82 bits per heavy atom. The number of amides is 1. The normalized spacial score (nSPS) is 17.0. The first-order valence-electron chi connectivity index (χ1n) is 8.96. The zero-order valence-corrected chi connectivity index (χ0v) is 15.1. The molecule has 1 aliphatic heterocycles. The summed E-state index contributed by atoms with van der Waals surface area (Å²) in [5, 5.41) is 0.273. The Morgan fingerprint density at radius 1 is 1.32 bits per heavy atom. The zero-order valence-electron chi connectivity index (χ0n) is 15.1. The summed E-state index contributed by atoms with van der Waals surface area (Å²) >= 11 is 0. The summed E-state index contributed by atoms with van der Waals surface area (Å²) in [5.41, 5.74) is 0.0371. The van der Waals surface area contributed by atoms with E-state index < -0.39 is 24.6 Å². The maximum atomic E-state index is 13.2. The van der Waals surface area contributed by atoms with Crippen molar-refractivity contribution in [1.82, 2.24) is 19.4 Å². The van der Waals surface area contributed by atoms with E-state index in [0.29, 0.717) is 30.8 Å². The van der Waals surface area contributed by atoms with Gasteiger partial charge in [-0.15, -0.1) is 0 Å². The number of alkyl halides is 2. The molecule has 0 saturated carbocycles. The van der Waals surface area contributed by atoms with Crippen LogP contribution < -0.4 is 5.56 Å². The van der Waals surface area contributed by atoms with E-state index in [1.165, 1.54) is 11.2 Å². The molecule has 9 heteroatoms. The summed E-state index contributed by atoms with van der Waals surface area (Å²) in [6.07, 6.45) is -0.253. The molecule has 3 aromatic rings. The second-order valence-electron chi connectivity index (χ2n) is 6.70. The van der Waals surface area contributed by atoms with Gasteiger partial charge in [0, 0.05) is 13.5 Å². The maximum absolute atomic E-state index is 13.2. The summed E-state index contributed by atoms with van der Waals surface area (Å²) in [5.74, 6) is 0.165. The van der Waals surface area contributed by atoms with Gasteiger partial charge in [0.2, 0.25) is 0 Å². The van der Waals surface area contributed by atoms with E-state index >= 15 is 0 Å². The number of aromatic nitrogens is 3. The third kappa shape index (κ3) is 3.17. The molecule has 146 valence electrons. The summed E-state index contributed by atoms with van der Waals surface area (Å²) in [7, 11) is 0. The standard InChI is InChI=1S/C19H18F2N4O3/c1-11-22-14(10-28-11)19(27)24-8-4-7-15(24)17-23-13-6-3-2-5-12(13)18(26)25(17)9-16(20)21/h2-3,5-6,10,15-16H,4,7-9H2,1H3. The minimum atomic E-state index is -2.72. The summed E-state index contributed by atoms with van der Waals surface area (Å²) < 4.78 is 32.5. The number of aryl methyl sites for hydroxylation is 1. The molecule has 7 nitrogen and oxygen atoms in total. The van der Waals surface area contributed by atoms with Crippen LogP contribution in [0.25, 0.3) is 10.9 Å². The Balaban J connectivity index is 1.82. The smallest absolute Gasteiger partial charge is 0.276 e. The van der Waals surface area contributed by atoms with Crippen LogP contribution in [0.4, 0.5) is 8.78 Å². The van der Waals surface area contributed by atoms with E-state index in [9.17, 15) is 18.4 Å². The van der Waals surface area contributed by atoms with E-state index in [2.05, 4.69) is 9.97 Å². The molecule has 1 amide bonds. The van der Waals surface area contributed by atoms with Gasteiger partial charge in [-0.05, 0) is 25.0 Å². The number of halogens is 2. The van der Waals surface area contributed by atoms with Crippen LogP contribution in [0.15, 0.2) is 39.7 Å². The largest absolute Gasteiger partial charge is 0.448 e. The molecule has 1 saturated heterocycles. The molecular weight excluding hydrogens is 370 g/mol. The molecule has 28 heavy (non-hydrogen) atoms. The van der Waals surface area contributed by atoms with Crippen LogP contribution in [0.5, 0.6) is 0 Å². The number of hydrogen-bond acceptors (Lipinski definition) is 5. The predicted molar refractivity (Wildman–Crippen MR) is 96.3 cm³/mol. The summed E-state index contributed by atoms with van der Waals surface area (Å²) in [6, 6.07) is 6.03. The number of likely N-dealkylation sites (tertiary alicyclic amines) is 1. The van der Waals surface area contributed by atoms with E-state index in [0.717, 1.165) is 4.57 Å². The molecule has 1 atom stereocenters. The molecule has 0 spiro atoms. The van der Waals surface area contributed by atoms with E-state index in [4.69, 9.17) is 4.42 Å². The van der Waals surface area contributed by atoms with Crippen molar-refractivity contribution in [3.05, 3.63) is 58.3 Å². The van der Waals surface area contributed by atoms with Crippen molar-refractivity contribution in [3.63, 3.8) is 0 Å². The number of fused-ring (bicyclic) bond motifs is 1. The van der Waals surface area contributed by atoms with Crippen LogP contribution in [0.1, 0.15) is 41.1 Å². The average Bonchev–Trinajstić information content (AvgIpc) is 3.32. The topological polar surface area (TPSA) is 81.2 Å². The quantitative estimate of drug-likeness (QED) is 0.686. The third-order valence-electron chi connectivity index (χ3n) is 4.86. The highest BCUT2D eigenvalue weighted by molar-refractivity contribution is 5.92. The van der Waals surface area contributed by atoms with Crippen LogP contribution in [-0.2, 0) is 6.54 Å². The van der Waals surface area contributed by atoms with E-state index in [-0.39, 0.29) is 22.8 Å². The van der Waals surface area contributed by atoms with Crippen molar-refractivity contribution >= 4 is 16.8 Å². The number of para-hydroxylation sites is 1. The Labute approximate surface area is 158 Å². The highest BCUT2D eigenvalue weighted by Gasteiger charge is 2.35. The SMILES string of the molecule is Cc1nc(C(=O)N2CCCC2c2nc3ccccc3c(=O)n2CC(F)F)co1. The van der Waals surface area contributed by atoms with E-state index in [1.54, 1.807) is 31.2 Å². The van der Waals surface area contributed by atoms with Crippen molar-refractivity contribution in [2.45, 2.75) is 38.8 Å². The molecule has 1 aliphatic rings. The summed E-state index contributed by atoms with van der Waals surface area (Å²) in [4.78, 5) is 35.8. The van der Waals surface area contributed by atoms with Gasteiger partial charge >= 0.3 is 0 Å². The molecule has 4 rings (SSSR count). The number of oxazole rings is 1. The Hall–Kier alpha value is -3.10. The van der Waals surface area contributed by atoms with Crippen molar-refractivity contribution in [3.8, 4) is 0 Å². The van der Waals surface area contributed by atoms with Gasteiger partial charge in [-0.3, -0.25) is 14.2 Å². The fourth-order valence-electron chi connectivity index (χ4n) is 3.64. The molecule has 0 bridgehead atoms. The fraction of sp³-hybridized carbons (Fsp3) is 0.368. The number of hydrogen-bond donors (Lipinski definition) is 0. The fourth-order valence-corrected chi connectivity index (χ4v) is 3.64. The van der Waals surface area contributed by atoms with Crippen LogP contribution in [0.3, 0.4) is 0 Å². The van der Waals surface area contributed by atoms with Gasteiger partial charge in [0.25, 0.3) is 17.9 Å². The first-order chi connectivity index (χ1) is 13.5. The maximum Gasteiger partial charge on any atom is 0.276 e. The molecular formula is C19H18F2N4O3. The highest BCUT2D eigenvalue weighted by Crippen LogP contribution is 2.32. The number of nitrogens with zero attached hydrogens (tertiary/aromatic N) is 4. The van der Waals surface area contributed by atoms with Gasteiger partial charge in [-0.2, -0.15) is 0 Å². The molecule has 1 unspecified atom stereocenters. The molecule has 2 aromatic heterocycles. The van der Waals surface area contributed by atoms with Crippen molar-refractivity contribution in [2.24, 2.45) is 0 Å². The van der Waals surface area contributed by atoms with Gasteiger partial charge in [0.15, 0.2) is 11.6 Å². The average molecular weight is 388 g/mol. The Bertz CT molecular complexity index is 1090. The van der Waals surface area contributed by atoms with E-state index in [1.807, 2.05) is 0 Å². The monoisotopic (exact) mass is 388 g/mol. The van der Waals surface area contributed by atoms with Crippen LogP contribution in [0.2, 0.25) is 0 Å². The van der Waals surface area contributed by atoms with Crippen molar-refractivity contribution in [2.75, 3.05) is 6.54 Å². The number of carbonyl (C=O) groups is 1. The lowest BCUT2D eigenvalue weighted by Crippen LogP contribution is -2.36. The van der Waals surface area contributed by atoms with Gasteiger partial charge in [0.05, 0.1) is 23.5 Å². The second kappa shape index (κ2) is 7.14. The third-order valence-corrected chi connectivity index (χ3v) is 4.86. The minimum absolute atomic E-state index is 0.146. The molecule has 0 radical (unpaired) electrons. The van der Waals surface area contributed by atoms with Crippen LogP contribution in [-0.4, -0.2) is 38.3 Å². The Morgan fingerprint density at radius 2 is 2.11 bits per heavy atom. The first-order valence-corrected chi connectivity index (χ1v) is 8.96. The molecule has 3 heterocycles. The van der Waals surface area contributed by atoms with Crippen LogP contribution in [0, 0.1) is 6.92 Å². The molecule has 0 aliphatic carbocycles.